The standard InChI is InChI=1S/C16H22N4O/c1-4-17-14-11(2)16(19-15(18-14)13-5-6-13)20(3)9-12-7-8-21-10-12/h7-8,10,13H,4-6,9H2,1-3H3,(H,17,18,19). The Labute approximate surface area is 125 Å². The van der Waals surface area contributed by atoms with E-state index in [1.807, 2.05) is 6.07 Å². The Balaban J connectivity index is 1.91. The van der Waals surface area contributed by atoms with Crippen LogP contribution in [-0.4, -0.2) is 23.6 Å². The van der Waals surface area contributed by atoms with Gasteiger partial charge in [-0.25, -0.2) is 9.97 Å². The molecule has 1 fully saturated rings. The first-order valence-electron chi connectivity index (χ1n) is 7.53. The van der Waals surface area contributed by atoms with E-state index in [1.165, 1.54) is 12.8 Å². The van der Waals surface area contributed by atoms with Gasteiger partial charge in [0.25, 0.3) is 0 Å². The zero-order valence-electron chi connectivity index (χ0n) is 12.9. The molecule has 2 heterocycles. The monoisotopic (exact) mass is 286 g/mol. The van der Waals surface area contributed by atoms with Gasteiger partial charge in [0.05, 0.1) is 12.5 Å². The molecule has 5 nitrogen and oxygen atoms in total. The Morgan fingerprint density at radius 3 is 2.81 bits per heavy atom. The van der Waals surface area contributed by atoms with Gasteiger partial charge in [-0.05, 0) is 32.8 Å². The molecule has 5 heteroatoms. The summed E-state index contributed by atoms with van der Waals surface area (Å²) >= 11 is 0. The normalized spacial score (nSPS) is 14.2. The van der Waals surface area contributed by atoms with E-state index in [0.29, 0.717) is 5.92 Å². The Morgan fingerprint density at radius 1 is 1.38 bits per heavy atom. The van der Waals surface area contributed by atoms with Crippen LogP contribution < -0.4 is 10.2 Å². The predicted molar refractivity (Wildman–Crippen MR) is 83.7 cm³/mol. The molecule has 1 saturated carbocycles. The van der Waals surface area contributed by atoms with E-state index < -0.39 is 0 Å². The number of hydrogen-bond donors (Lipinski definition) is 1. The highest BCUT2D eigenvalue weighted by Gasteiger charge is 2.28. The van der Waals surface area contributed by atoms with Gasteiger partial charge in [-0.15, -0.1) is 0 Å². The van der Waals surface area contributed by atoms with Gasteiger partial charge in [-0.3, -0.25) is 0 Å². The van der Waals surface area contributed by atoms with E-state index >= 15 is 0 Å². The molecule has 0 bridgehead atoms. The first-order valence-corrected chi connectivity index (χ1v) is 7.53. The van der Waals surface area contributed by atoms with Crippen LogP contribution in [0.5, 0.6) is 0 Å². The van der Waals surface area contributed by atoms with Crippen LogP contribution in [0, 0.1) is 6.92 Å². The lowest BCUT2D eigenvalue weighted by atomic mass is 10.2. The van der Waals surface area contributed by atoms with Gasteiger partial charge >= 0.3 is 0 Å². The summed E-state index contributed by atoms with van der Waals surface area (Å²) in [6.45, 7) is 5.82. The minimum atomic E-state index is 0.545. The summed E-state index contributed by atoms with van der Waals surface area (Å²) in [5, 5.41) is 3.36. The molecule has 21 heavy (non-hydrogen) atoms. The summed E-state index contributed by atoms with van der Waals surface area (Å²) in [6, 6.07) is 1.99. The molecule has 1 aliphatic carbocycles. The minimum absolute atomic E-state index is 0.545. The van der Waals surface area contributed by atoms with Crippen LogP contribution in [0.25, 0.3) is 0 Å². The largest absolute Gasteiger partial charge is 0.472 e. The lowest BCUT2D eigenvalue weighted by Crippen LogP contribution is -2.20. The minimum Gasteiger partial charge on any atom is -0.472 e. The molecule has 0 aromatic carbocycles. The number of nitrogens with one attached hydrogen (secondary N) is 1. The lowest BCUT2D eigenvalue weighted by Gasteiger charge is -2.22. The van der Waals surface area contributed by atoms with Crippen molar-refractivity contribution in [3.63, 3.8) is 0 Å². The van der Waals surface area contributed by atoms with Crippen molar-refractivity contribution < 1.29 is 4.42 Å². The lowest BCUT2D eigenvalue weighted by molar-refractivity contribution is 0.563. The Morgan fingerprint density at radius 2 is 2.19 bits per heavy atom. The Bertz CT molecular complexity index is 605. The first-order chi connectivity index (χ1) is 10.2. The number of furan rings is 1. The molecule has 0 amide bonds. The van der Waals surface area contributed by atoms with Gasteiger partial charge in [0, 0.05) is 37.2 Å². The second-order valence-corrected chi connectivity index (χ2v) is 5.67. The second-order valence-electron chi connectivity index (χ2n) is 5.67. The Kier molecular flexibility index (Phi) is 3.82. The summed E-state index contributed by atoms with van der Waals surface area (Å²) in [7, 11) is 2.06. The quantitative estimate of drug-likeness (QED) is 0.882. The van der Waals surface area contributed by atoms with Crippen LogP contribution in [0.1, 0.15) is 42.6 Å². The second kappa shape index (κ2) is 5.76. The summed E-state index contributed by atoms with van der Waals surface area (Å²) in [5.74, 6) is 3.49. The van der Waals surface area contributed by atoms with Crippen molar-refractivity contribution in [2.75, 3.05) is 23.8 Å². The molecule has 0 saturated heterocycles. The maximum Gasteiger partial charge on any atom is 0.137 e. The van der Waals surface area contributed by atoms with Crippen molar-refractivity contribution in [3.05, 3.63) is 35.5 Å². The van der Waals surface area contributed by atoms with E-state index in [0.717, 1.165) is 41.7 Å². The van der Waals surface area contributed by atoms with E-state index in [4.69, 9.17) is 14.4 Å². The maximum atomic E-state index is 5.14. The average molecular weight is 286 g/mol. The average Bonchev–Trinajstić information content (AvgIpc) is 3.20. The number of hydrogen-bond acceptors (Lipinski definition) is 5. The Hall–Kier alpha value is -2.04. The summed E-state index contributed by atoms with van der Waals surface area (Å²) in [4.78, 5) is 11.7. The molecule has 0 radical (unpaired) electrons. The highest BCUT2D eigenvalue weighted by molar-refractivity contribution is 5.58. The van der Waals surface area contributed by atoms with Crippen LogP contribution in [0.2, 0.25) is 0 Å². The molecule has 0 unspecified atom stereocenters. The van der Waals surface area contributed by atoms with Gasteiger partial charge in [0.15, 0.2) is 0 Å². The third kappa shape index (κ3) is 3.01. The molecule has 1 N–H and O–H groups in total. The van der Waals surface area contributed by atoms with Crippen molar-refractivity contribution in [1.82, 2.24) is 9.97 Å². The molecule has 1 aliphatic rings. The van der Waals surface area contributed by atoms with Crippen LogP contribution >= 0.6 is 0 Å². The van der Waals surface area contributed by atoms with Crippen LogP contribution in [0.15, 0.2) is 23.0 Å². The summed E-state index contributed by atoms with van der Waals surface area (Å²) < 4.78 is 5.14. The van der Waals surface area contributed by atoms with Crippen molar-refractivity contribution in [2.45, 2.75) is 39.2 Å². The molecule has 2 aromatic heterocycles. The molecule has 0 atom stereocenters. The van der Waals surface area contributed by atoms with Gasteiger partial charge < -0.3 is 14.6 Å². The summed E-state index contributed by atoms with van der Waals surface area (Å²) in [6.07, 6.45) is 5.90. The third-order valence-electron chi connectivity index (χ3n) is 3.79. The van der Waals surface area contributed by atoms with Gasteiger partial charge in [-0.1, -0.05) is 0 Å². The van der Waals surface area contributed by atoms with E-state index in [-0.39, 0.29) is 0 Å². The smallest absolute Gasteiger partial charge is 0.137 e. The van der Waals surface area contributed by atoms with Gasteiger partial charge in [0.1, 0.15) is 17.5 Å². The number of nitrogens with zero attached hydrogens (tertiary/aromatic N) is 3. The van der Waals surface area contributed by atoms with E-state index in [1.54, 1.807) is 12.5 Å². The highest BCUT2D eigenvalue weighted by Crippen LogP contribution is 2.40. The fraction of sp³-hybridized carbons (Fsp3) is 0.500. The maximum absolute atomic E-state index is 5.14. The van der Waals surface area contributed by atoms with Gasteiger partial charge in [-0.2, -0.15) is 0 Å². The molecule has 112 valence electrons. The van der Waals surface area contributed by atoms with Crippen LogP contribution in [0.4, 0.5) is 11.6 Å². The topological polar surface area (TPSA) is 54.2 Å². The SMILES string of the molecule is CCNc1nc(C2CC2)nc(N(C)Cc2ccoc2)c1C. The first kappa shape index (κ1) is 13.9. The molecule has 2 aromatic rings. The predicted octanol–water partition coefficient (Wildman–Crippen LogP) is 3.32. The van der Waals surface area contributed by atoms with Crippen molar-refractivity contribution in [3.8, 4) is 0 Å². The third-order valence-corrected chi connectivity index (χ3v) is 3.79. The van der Waals surface area contributed by atoms with Crippen LogP contribution in [-0.2, 0) is 6.54 Å². The zero-order valence-corrected chi connectivity index (χ0v) is 12.9. The van der Waals surface area contributed by atoms with E-state index in [9.17, 15) is 0 Å². The molecule has 0 spiro atoms. The molecular formula is C16H22N4O. The molecule has 0 aliphatic heterocycles. The van der Waals surface area contributed by atoms with Crippen molar-refractivity contribution >= 4 is 11.6 Å². The van der Waals surface area contributed by atoms with Crippen molar-refractivity contribution in [2.24, 2.45) is 0 Å². The number of aromatic nitrogens is 2. The van der Waals surface area contributed by atoms with Crippen LogP contribution in [0.3, 0.4) is 0 Å². The zero-order chi connectivity index (χ0) is 14.8. The molecular weight excluding hydrogens is 264 g/mol. The number of anilines is 2. The molecule has 3 rings (SSSR count). The highest BCUT2D eigenvalue weighted by atomic mass is 16.3. The summed E-state index contributed by atoms with van der Waals surface area (Å²) in [5.41, 5.74) is 2.25. The fourth-order valence-electron chi connectivity index (χ4n) is 2.49. The van der Waals surface area contributed by atoms with Crippen molar-refractivity contribution in [1.29, 1.82) is 0 Å². The fourth-order valence-corrected chi connectivity index (χ4v) is 2.49. The van der Waals surface area contributed by atoms with E-state index in [2.05, 4.69) is 31.1 Å². The number of rotatable bonds is 6. The van der Waals surface area contributed by atoms with Gasteiger partial charge in [0.2, 0.25) is 0 Å².